The van der Waals surface area contributed by atoms with E-state index in [-0.39, 0.29) is 17.2 Å². The molecule has 2 aromatic heterocycles. The van der Waals surface area contributed by atoms with Crippen LogP contribution in [0.25, 0.3) is 16.6 Å². The second-order valence-electron chi connectivity index (χ2n) is 6.68. The number of nitrogens with one attached hydrogen (secondary N) is 1. The number of nitrogens with zero attached hydrogens (tertiary/aromatic N) is 2. The lowest BCUT2D eigenvalue weighted by molar-refractivity contribution is -0.118. The van der Waals surface area contributed by atoms with Crippen LogP contribution in [0.4, 0.5) is 0 Å². The van der Waals surface area contributed by atoms with Gasteiger partial charge in [0.1, 0.15) is 5.76 Å². The minimum Gasteiger partial charge on any atom is -0.467 e. The van der Waals surface area contributed by atoms with E-state index in [4.69, 9.17) is 9.40 Å². The Morgan fingerprint density at radius 3 is 2.70 bits per heavy atom. The molecule has 0 aliphatic carbocycles. The summed E-state index contributed by atoms with van der Waals surface area (Å²) < 4.78 is 6.85. The zero-order chi connectivity index (χ0) is 20.9. The number of benzene rings is 2. The Morgan fingerprint density at radius 2 is 1.90 bits per heavy atom. The number of carbonyl (C=O) groups is 1. The normalized spacial score (nSPS) is 11.0. The van der Waals surface area contributed by atoms with Gasteiger partial charge in [0.05, 0.1) is 35.2 Å². The predicted octanol–water partition coefficient (Wildman–Crippen LogP) is 3.95. The van der Waals surface area contributed by atoms with Crippen LogP contribution in [0.5, 0.6) is 0 Å². The second-order valence-corrected chi connectivity index (χ2v) is 7.62. The molecule has 0 fully saturated rings. The van der Waals surface area contributed by atoms with E-state index in [1.807, 2.05) is 49.4 Å². The van der Waals surface area contributed by atoms with Gasteiger partial charge in [-0.1, -0.05) is 49.0 Å². The van der Waals surface area contributed by atoms with E-state index in [0.29, 0.717) is 28.4 Å². The maximum Gasteiger partial charge on any atom is 0.266 e. The van der Waals surface area contributed by atoms with Crippen LogP contribution in [0.15, 0.2) is 81.3 Å². The van der Waals surface area contributed by atoms with Crippen molar-refractivity contribution >= 4 is 28.6 Å². The fourth-order valence-electron chi connectivity index (χ4n) is 3.23. The fourth-order valence-corrected chi connectivity index (χ4v) is 4.07. The smallest absolute Gasteiger partial charge is 0.266 e. The molecular formula is C23H21N3O3S. The Bertz CT molecular complexity index is 1230. The highest BCUT2D eigenvalue weighted by atomic mass is 32.2. The van der Waals surface area contributed by atoms with Gasteiger partial charge in [0.25, 0.3) is 5.56 Å². The monoisotopic (exact) mass is 419 g/mol. The first-order chi connectivity index (χ1) is 14.7. The fraction of sp³-hybridized carbons (Fsp3) is 0.174. The maximum atomic E-state index is 13.3. The Balaban J connectivity index is 1.67. The van der Waals surface area contributed by atoms with Crippen LogP contribution in [-0.2, 0) is 17.8 Å². The highest BCUT2D eigenvalue weighted by Gasteiger charge is 2.16. The molecule has 0 aliphatic heterocycles. The number of amides is 1. The van der Waals surface area contributed by atoms with Crippen molar-refractivity contribution < 1.29 is 9.21 Å². The van der Waals surface area contributed by atoms with E-state index < -0.39 is 0 Å². The lowest BCUT2D eigenvalue weighted by Gasteiger charge is -2.16. The van der Waals surface area contributed by atoms with Crippen molar-refractivity contribution in [1.29, 1.82) is 0 Å². The van der Waals surface area contributed by atoms with Crippen LogP contribution in [0.3, 0.4) is 0 Å². The van der Waals surface area contributed by atoms with Crippen molar-refractivity contribution in [2.75, 3.05) is 5.75 Å². The highest BCUT2D eigenvalue weighted by Crippen LogP contribution is 2.23. The van der Waals surface area contributed by atoms with Crippen LogP contribution in [0, 0.1) is 0 Å². The second kappa shape index (κ2) is 9.00. The standard InChI is InChI=1S/C23H21N3O3S/c1-2-16-8-3-6-12-20(16)26-22(28)18-10-4-5-11-19(18)25-23(26)30-15-21(27)24-14-17-9-7-13-29-17/h3-13H,2,14-15H2,1H3,(H,24,27). The number of aromatic nitrogens is 2. The van der Waals surface area contributed by atoms with Crippen LogP contribution in [-0.4, -0.2) is 21.2 Å². The third kappa shape index (κ3) is 4.16. The molecule has 6 nitrogen and oxygen atoms in total. The number of carbonyl (C=O) groups excluding carboxylic acids is 1. The number of hydrogen-bond donors (Lipinski definition) is 1. The summed E-state index contributed by atoms with van der Waals surface area (Å²) in [4.78, 5) is 30.4. The molecule has 0 aliphatic rings. The summed E-state index contributed by atoms with van der Waals surface area (Å²) in [5, 5.41) is 3.86. The van der Waals surface area contributed by atoms with Crippen molar-refractivity contribution in [3.05, 3.63) is 88.6 Å². The van der Waals surface area contributed by atoms with E-state index in [0.717, 1.165) is 17.7 Å². The van der Waals surface area contributed by atoms with Crippen molar-refractivity contribution in [2.45, 2.75) is 25.0 Å². The number of para-hydroxylation sites is 2. The molecule has 0 spiro atoms. The number of rotatable bonds is 7. The van der Waals surface area contributed by atoms with E-state index in [1.54, 1.807) is 29.0 Å². The molecule has 7 heteroatoms. The molecule has 1 N–H and O–H groups in total. The van der Waals surface area contributed by atoms with Crippen LogP contribution in [0.1, 0.15) is 18.2 Å². The van der Waals surface area contributed by atoms with Crippen molar-refractivity contribution in [3.8, 4) is 5.69 Å². The van der Waals surface area contributed by atoms with Gasteiger partial charge >= 0.3 is 0 Å². The average molecular weight is 420 g/mol. The number of hydrogen-bond acceptors (Lipinski definition) is 5. The molecule has 0 saturated heterocycles. The first kappa shape index (κ1) is 20.0. The van der Waals surface area contributed by atoms with Crippen molar-refractivity contribution in [2.24, 2.45) is 0 Å². The van der Waals surface area contributed by atoms with E-state index >= 15 is 0 Å². The minimum absolute atomic E-state index is 0.139. The van der Waals surface area contributed by atoms with Crippen LogP contribution in [0.2, 0.25) is 0 Å². The molecule has 30 heavy (non-hydrogen) atoms. The lowest BCUT2D eigenvalue weighted by atomic mass is 10.1. The van der Waals surface area contributed by atoms with Gasteiger partial charge in [-0.25, -0.2) is 4.98 Å². The minimum atomic E-state index is -0.158. The Hall–Kier alpha value is -3.32. The number of aryl methyl sites for hydroxylation is 1. The summed E-state index contributed by atoms with van der Waals surface area (Å²) in [5.74, 6) is 0.667. The SMILES string of the molecule is CCc1ccccc1-n1c(SCC(=O)NCc2ccco2)nc2ccccc2c1=O. The van der Waals surface area contributed by atoms with Gasteiger partial charge in [0, 0.05) is 0 Å². The molecule has 0 unspecified atom stereocenters. The molecule has 4 rings (SSSR count). The largest absolute Gasteiger partial charge is 0.467 e. The molecule has 4 aromatic rings. The predicted molar refractivity (Wildman–Crippen MR) is 118 cm³/mol. The third-order valence-corrected chi connectivity index (χ3v) is 5.67. The van der Waals surface area contributed by atoms with Crippen molar-refractivity contribution in [3.63, 3.8) is 0 Å². The van der Waals surface area contributed by atoms with Crippen LogP contribution >= 0.6 is 11.8 Å². The molecule has 0 saturated carbocycles. The zero-order valence-electron chi connectivity index (χ0n) is 16.5. The number of thioether (sulfide) groups is 1. The highest BCUT2D eigenvalue weighted by molar-refractivity contribution is 7.99. The molecule has 0 radical (unpaired) electrons. The number of fused-ring (bicyclic) bond motifs is 1. The maximum absolute atomic E-state index is 13.3. The third-order valence-electron chi connectivity index (χ3n) is 4.73. The molecule has 0 bridgehead atoms. The van der Waals surface area contributed by atoms with Crippen molar-refractivity contribution in [1.82, 2.24) is 14.9 Å². The molecule has 2 aromatic carbocycles. The first-order valence-corrected chi connectivity index (χ1v) is 10.7. The summed E-state index contributed by atoms with van der Waals surface area (Å²) >= 11 is 1.24. The molecule has 1 amide bonds. The van der Waals surface area contributed by atoms with E-state index in [2.05, 4.69) is 5.32 Å². The van der Waals surface area contributed by atoms with Gasteiger partial charge < -0.3 is 9.73 Å². The molecule has 0 atom stereocenters. The topological polar surface area (TPSA) is 77.1 Å². The summed E-state index contributed by atoms with van der Waals surface area (Å²) in [6, 6.07) is 18.6. The molecular weight excluding hydrogens is 398 g/mol. The lowest BCUT2D eigenvalue weighted by Crippen LogP contribution is -2.26. The van der Waals surface area contributed by atoms with Gasteiger partial charge in [-0.05, 0) is 42.3 Å². The van der Waals surface area contributed by atoms with Crippen LogP contribution < -0.4 is 10.9 Å². The van der Waals surface area contributed by atoms with Gasteiger partial charge in [0.2, 0.25) is 5.91 Å². The Labute approximate surface area is 177 Å². The van der Waals surface area contributed by atoms with Gasteiger partial charge in [-0.15, -0.1) is 0 Å². The Morgan fingerprint density at radius 1 is 1.10 bits per heavy atom. The van der Waals surface area contributed by atoms with E-state index in [1.165, 1.54) is 11.8 Å². The summed E-state index contributed by atoms with van der Waals surface area (Å²) in [7, 11) is 0. The average Bonchev–Trinajstić information content (AvgIpc) is 3.30. The quantitative estimate of drug-likeness (QED) is 0.363. The first-order valence-electron chi connectivity index (χ1n) is 9.69. The van der Waals surface area contributed by atoms with Gasteiger partial charge in [0.15, 0.2) is 5.16 Å². The van der Waals surface area contributed by atoms with Gasteiger partial charge in [-0.3, -0.25) is 14.2 Å². The number of furan rings is 1. The van der Waals surface area contributed by atoms with Gasteiger partial charge in [-0.2, -0.15) is 0 Å². The molecule has 152 valence electrons. The summed E-state index contributed by atoms with van der Waals surface area (Å²) in [6.45, 7) is 2.37. The summed E-state index contributed by atoms with van der Waals surface area (Å²) in [5.41, 5.74) is 2.31. The zero-order valence-corrected chi connectivity index (χ0v) is 17.3. The summed E-state index contributed by atoms with van der Waals surface area (Å²) in [6.07, 6.45) is 2.35. The Kier molecular flexibility index (Phi) is 5.99. The van der Waals surface area contributed by atoms with E-state index in [9.17, 15) is 9.59 Å². The molecule has 2 heterocycles.